The zero-order chi connectivity index (χ0) is 7.73. The third kappa shape index (κ3) is 1.17. The Morgan fingerprint density at radius 2 is 2.09 bits per heavy atom. The van der Waals surface area contributed by atoms with Crippen LogP contribution in [0.25, 0.3) is 0 Å². The monoisotopic (exact) mass is 150 g/mol. The Balaban J connectivity index is 2.10. The van der Waals surface area contributed by atoms with Crippen molar-refractivity contribution >= 4 is 5.91 Å². The van der Waals surface area contributed by atoms with Crippen LogP contribution in [-0.4, -0.2) is 11.4 Å². The normalized spacial score (nSPS) is 27.5. The molecule has 0 bridgehead atoms. The summed E-state index contributed by atoms with van der Waals surface area (Å²) >= 11 is 0. The molecule has 0 unspecified atom stereocenters. The minimum absolute atomic E-state index is 0.0342. The summed E-state index contributed by atoms with van der Waals surface area (Å²) in [5.41, 5.74) is -0.0602. The lowest BCUT2D eigenvalue weighted by atomic mass is 9.83. The third-order valence-corrected chi connectivity index (χ3v) is 2.55. The van der Waals surface area contributed by atoms with Crippen molar-refractivity contribution in [2.45, 2.75) is 37.6 Å². The van der Waals surface area contributed by atoms with Crippen LogP contribution in [0.2, 0.25) is 0 Å². The number of hydrogen-bond acceptors (Lipinski definition) is 1. The fourth-order valence-electron chi connectivity index (χ4n) is 1.94. The van der Waals surface area contributed by atoms with Gasteiger partial charge in [0, 0.05) is 6.08 Å². The van der Waals surface area contributed by atoms with Gasteiger partial charge in [0.15, 0.2) is 0 Å². The molecule has 1 aliphatic carbocycles. The predicted octanol–water partition coefficient (Wildman–Crippen LogP) is 1.18. The molecule has 11 heavy (non-hydrogen) atoms. The lowest BCUT2D eigenvalue weighted by molar-refractivity contribution is -0.117. The SMILES string of the molecule is O=C1C=[C]C2(CCCCC2)N1. The van der Waals surface area contributed by atoms with Gasteiger partial charge in [-0.2, -0.15) is 0 Å². The van der Waals surface area contributed by atoms with Crippen molar-refractivity contribution in [1.82, 2.24) is 5.32 Å². The van der Waals surface area contributed by atoms with Gasteiger partial charge in [-0.3, -0.25) is 4.79 Å². The van der Waals surface area contributed by atoms with Crippen LogP contribution in [0.1, 0.15) is 32.1 Å². The highest BCUT2D eigenvalue weighted by molar-refractivity contribution is 5.90. The van der Waals surface area contributed by atoms with Crippen LogP contribution in [0.3, 0.4) is 0 Å². The Hall–Kier alpha value is -0.790. The molecule has 0 aromatic heterocycles. The number of hydrogen-bond donors (Lipinski definition) is 1. The molecule has 2 rings (SSSR count). The summed E-state index contributed by atoms with van der Waals surface area (Å²) in [4.78, 5) is 10.9. The molecule has 1 saturated carbocycles. The van der Waals surface area contributed by atoms with Gasteiger partial charge in [-0.15, -0.1) is 0 Å². The van der Waals surface area contributed by atoms with Gasteiger partial charge in [0.1, 0.15) is 0 Å². The molecule has 59 valence electrons. The maximum absolute atomic E-state index is 10.9. The maximum Gasteiger partial charge on any atom is 0.245 e. The molecule has 1 N–H and O–H groups in total. The van der Waals surface area contributed by atoms with E-state index in [-0.39, 0.29) is 11.4 Å². The molecular formula is C9H12NO. The van der Waals surface area contributed by atoms with E-state index in [1.807, 2.05) is 0 Å². The summed E-state index contributed by atoms with van der Waals surface area (Å²) in [5, 5.41) is 2.96. The summed E-state index contributed by atoms with van der Waals surface area (Å²) in [6.07, 6.45) is 10.6. The Bertz CT molecular complexity index is 202. The van der Waals surface area contributed by atoms with Crippen LogP contribution in [0, 0.1) is 6.08 Å². The minimum atomic E-state index is -0.0602. The predicted molar refractivity (Wildman–Crippen MR) is 41.8 cm³/mol. The molecule has 0 aromatic rings. The van der Waals surface area contributed by atoms with Gasteiger partial charge in [-0.05, 0) is 18.9 Å². The van der Waals surface area contributed by atoms with E-state index in [1.54, 1.807) is 6.08 Å². The number of rotatable bonds is 0. The van der Waals surface area contributed by atoms with E-state index in [0.717, 1.165) is 12.8 Å². The fourth-order valence-corrected chi connectivity index (χ4v) is 1.94. The highest BCUT2D eigenvalue weighted by Crippen LogP contribution is 2.30. The van der Waals surface area contributed by atoms with Gasteiger partial charge < -0.3 is 5.32 Å². The summed E-state index contributed by atoms with van der Waals surface area (Å²) in [5.74, 6) is 0.0342. The van der Waals surface area contributed by atoms with Crippen LogP contribution < -0.4 is 5.32 Å². The van der Waals surface area contributed by atoms with Crippen molar-refractivity contribution in [1.29, 1.82) is 0 Å². The van der Waals surface area contributed by atoms with Gasteiger partial charge in [0.05, 0.1) is 5.54 Å². The van der Waals surface area contributed by atoms with E-state index >= 15 is 0 Å². The quantitative estimate of drug-likeness (QED) is 0.552. The van der Waals surface area contributed by atoms with Crippen molar-refractivity contribution in [3.05, 3.63) is 12.2 Å². The lowest BCUT2D eigenvalue weighted by Gasteiger charge is -2.31. The molecule has 1 fully saturated rings. The highest BCUT2D eigenvalue weighted by atomic mass is 16.1. The summed E-state index contributed by atoms with van der Waals surface area (Å²) < 4.78 is 0. The molecular weight excluding hydrogens is 138 g/mol. The number of carbonyl (C=O) groups is 1. The standard InChI is InChI=1S/C9H12NO/c11-8-4-7-9(10-8)5-2-1-3-6-9/h4H,1-3,5-6H2,(H,10,11). The number of carbonyl (C=O) groups excluding carboxylic acids is 1. The Kier molecular flexibility index (Phi) is 1.48. The van der Waals surface area contributed by atoms with E-state index in [9.17, 15) is 4.79 Å². The average Bonchev–Trinajstić information content (AvgIpc) is 2.34. The van der Waals surface area contributed by atoms with Crippen LogP contribution in [-0.2, 0) is 4.79 Å². The van der Waals surface area contributed by atoms with Crippen LogP contribution in [0.15, 0.2) is 6.08 Å². The van der Waals surface area contributed by atoms with Gasteiger partial charge in [-0.1, -0.05) is 19.3 Å². The molecule has 0 atom stereocenters. The molecule has 1 aliphatic heterocycles. The second kappa shape index (κ2) is 2.36. The van der Waals surface area contributed by atoms with E-state index in [4.69, 9.17) is 0 Å². The summed E-state index contributed by atoms with van der Waals surface area (Å²) in [6, 6.07) is 0. The van der Waals surface area contributed by atoms with Crippen LogP contribution in [0.5, 0.6) is 0 Å². The first-order valence-corrected chi connectivity index (χ1v) is 4.24. The van der Waals surface area contributed by atoms with Crippen LogP contribution in [0.4, 0.5) is 0 Å². The first-order chi connectivity index (χ1) is 5.31. The Labute approximate surface area is 66.7 Å². The van der Waals surface area contributed by atoms with E-state index < -0.39 is 0 Å². The largest absolute Gasteiger partial charge is 0.343 e. The zero-order valence-electron chi connectivity index (χ0n) is 6.52. The molecule has 1 spiro atoms. The fraction of sp³-hybridized carbons (Fsp3) is 0.667. The maximum atomic E-state index is 10.9. The highest BCUT2D eigenvalue weighted by Gasteiger charge is 2.34. The summed E-state index contributed by atoms with van der Waals surface area (Å²) in [6.45, 7) is 0. The molecule has 0 saturated heterocycles. The molecule has 0 aromatic carbocycles. The second-order valence-electron chi connectivity index (χ2n) is 3.42. The van der Waals surface area contributed by atoms with Crippen molar-refractivity contribution in [3.63, 3.8) is 0 Å². The van der Waals surface area contributed by atoms with Gasteiger partial charge in [0.25, 0.3) is 0 Å². The Morgan fingerprint density at radius 3 is 2.64 bits per heavy atom. The lowest BCUT2D eigenvalue weighted by Crippen LogP contribution is -2.43. The third-order valence-electron chi connectivity index (χ3n) is 2.55. The molecule has 2 nitrogen and oxygen atoms in total. The van der Waals surface area contributed by atoms with Crippen LogP contribution >= 0.6 is 0 Å². The van der Waals surface area contributed by atoms with Crippen molar-refractivity contribution in [2.24, 2.45) is 0 Å². The molecule has 1 heterocycles. The first kappa shape index (κ1) is 6.89. The molecule has 2 heteroatoms. The number of nitrogens with one attached hydrogen (secondary N) is 1. The second-order valence-corrected chi connectivity index (χ2v) is 3.42. The van der Waals surface area contributed by atoms with Crippen molar-refractivity contribution in [3.8, 4) is 0 Å². The minimum Gasteiger partial charge on any atom is -0.343 e. The zero-order valence-corrected chi connectivity index (χ0v) is 6.52. The Morgan fingerprint density at radius 1 is 1.36 bits per heavy atom. The van der Waals surface area contributed by atoms with Gasteiger partial charge >= 0.3 is 0 Å². The summed E-state index contributed by atoms with van der Waals surface area (Å²) in [7, 11) is 0. The van der Waals surface area contributed by atoms with E-state index in [0.29, 0.717) is 0 Å². The topological polar surface area (TPSA) is 29.1 Å². The molecule has 2 aliphatic rings. The van der Waals surface area contributed by atoms with Gasteiger partial charge in [-0.25, -0.2) is 0 Å². The number of amides is 1. The van der Waals surface area contributed by atoms with Crippen molar-refractivity contribution in [2.75, 3.05) is 0 Å². The average molecular weight is 150 g/mol. The van der Waals surface area contributed by atoms with Gasteiger partial charge in [0.2, 0.25) is 5.91 Å². The van der Waals surface area contributed by atoms with Crippen molar-refractivity contribution < 1.29 is 4.79 Å². The van der Waals surface area contributed by atoms with E-state index in [1.165, 1.54) is 19.3 Å². The smallest absolute Gasteiger partial charge is 0.245 e. The molecule has 1 amide bonds. The first-order valence-electron chi connectivity index (χ1n) is 4.24. The van der Waals surface area contributed by atoms with E-state index in [2.05, 4.69) is 11.4 Å². The molecule has 1 radical (unpaired) electrons.